The SMILES string of the molecule is O=C1ON=C(c2ccccc2)/C1=C/c1ccc(-c2ccccc2Br)o1. The Labute approximate surface area is 152 Å². The van der Waals surface area contributed by atoms with Crippen LogP contribution in [0.5, 0.6) is 0 Å². The fourth-order valence-corrected chi connectivity index (χ4v) is 3.07. The lowest BCUT2D eigenvalue weighted by molar-refractivity contribution is -0.136. The van der Waals surface area contributed by atoms with Gasteiger partial charge in [0.1, 0.15) is 17.2 Å². The molecule has 0 spiro atoms. The molecule has 0 saturated carbocycles. The highest BCUT2D eigenvalue weighted by molar-refractivity contribution is 9.10. The third-order valence-corrected chi connectivity index (χ3v) is 4.49. The van der Waals surface area contributed by atoms with Gasteiger partial charge in [-0.05, 0) is 24.3 Å². The zero-order chi connectivity index (χ0) is 17.2. The van der Waals surface area contributed by atoms with Gasteiger partial charge in [-0.25, -0.2) is 4.79 Å². The number of benzene rings is 2. The Hall–Kier alpha value is -2.92. The number of oxime groups is 1. The van der Waals surface area contributed by atoms with Gasteiger partial charge in [-0.3, -0.25) is 0 Å². The predicted octanol–water partition coefficient (Wildman–Crippen LogP) is 5.05. The van der Waals surface area contributed by atoms with Gasteiger partial charge in [0.05, 0.1) is 5.57 Å². The van der Waals surface area contributed by atoms with E-state index in [0.717, 1.165) is 15.6 Å². The van der Waals surface area contributed by atoms with Crippen LogP contribution >= 0.6 is 15.9 Å². The van der Waals surface area contributed by atoms with E-state index in [9.17, 15) is 4.79 Å². The van der Waals surface area contributed by atoms with E-state index in [-0.39, 0.29) is 0 Å². The average Bonchev–Trinajstić information content (AvgIpc) is 3.24. The third kappa shape index (κ3) is 3.06. The van der Waals surface area contributed by atoms with E-state index >= 15 is 0 Å². The normalized spacial score (nSPS) is 15.3. The molecule has 4 nitrogen and oxygen atoms in total. The molecule has 122 valence electrons. The standard InChI is InChI=1S/C20H12BrNO3/c21-17-9-5-4-8-15(17)18-11-10-14(24-18)12-16-19(22-25-20(16)23)13-6-2-1-3-7-13/h1-12H/b16-12-. The van der Waals surface area contributed by atoms with Crippen LogP contribution in [0.3, 0.4) is 0 Å². The number of carbonyl (C=O) groups is 1. The molecule has 3 aromatic rings. The van der Waals surface area contributed by atoms with Gasteiger partial charge in [-0.1, -0.05) is 69.6 Å². The Morgan fingerprint density at radius 2 is 1.68 bits per heavy atom. The van der Waals surface area contributed by atoms with Crippen LogP contribution in [0.25, 0.3) is 17.4 Å². The summed E-state index contributed by atoms with van der Waals surface area (Å²) in [4.78, 5) is 16.9. The minimum Gasteiger partial charge on any atom is -0.457 e. The van der Waals surface area contributed by atoms with E-state index in [4.69, 9.17) is 9.25 Å². The van der Waals surface area contributed by atoms with Crippen LogP contribution in [0.15, 0.2) is 86.3 Å². The maximum absolute atomic E-state index is 12.0. The van der Waals surface area contributed by atoms with E-state index in [0.29, 0.717) is 22.8 Å². The van der Waals surface area contributed by atoms with Crippen LogP contribution in [-0.2, 0) is 9.63 Å². The summed E-state index contributed by atoms with van der Waals surface area (Å²) in [5.41, 5.74) is 2.64. The molecule has 2 aromatic carbocycles. The lowest BCUT2D eigenvalue weighted by Crippen LogP contribution is -2.06. The molecule has 1 aliphatic rings. The van der Waals surface area contributed by atoms with Crippen LogP contribution in [0, 0.1) is 0 Å². The second kappa shape index (κ2) is 6.53. The Morgan fingerprint density at radius 1 is 0.920 bits per heavy atom. The van der Waals surface area contributed by atoms with Crippen molar-refractivity contribution in [3.05, 3.63) is 88.1 Å². The molecular weight excluding hydrogens is 382 g/mol. The second-order valence-corrected chi connectivity index (χ2v) is 6.28. The Morgan fingerprint density at radius 3 is 2.48 bits per heavy atom. The van der Waals surface area contributed by atoms with Gasteiger partial charge >= 0.3 is 5.97 Å². The summed E-state index contributed by atoms with van der Waals surface area (Å²) in [7, 11) is 0. The van der Waals surface area contributed by atoms with Crippen molar-refractivity contribution in [3.8, 4) is 11.3 Å². The zero-order valence-corrected chi connectivity index (χ0v) is 14.6. The first kappa shape index (κ1) is 15.6. The summed E-state index contributed by atoms with van der Waals surface area (Å²) >= 11 is 3.51. The maximum Gasteiger partial charge on any atom is 0.368 e. The maximum atomic E-state index is 12.0. The zero-order valence-electron chi connectivity index (χ0n) is 13.0. The van der Waals surface area contributed by atoms with Crippen molar-refractivity contribution in [1.82, 2.24) is 0 Å². The fraction of sp³-hybridized carbons (Fsp3) is 0. The molecule has 0 unspecified atom stereocenters. The summed E-state index contributed by atoms with van der Waals surface area (Å²) in [5.74, 6) is 0.782. The van der Waals surface area contributed by atoms with Crippen molar-refractivity contribution in [2.24, 2.45) is 5.16 Å². The minimum absolute atomic E-state index is 0.374. The molecule has 4 rings (SSSR count). The molecule has 0 saturated heterocycles. The van der Waals surface area contributed by atoms with Crippen molar-refractivity contribution in [3.63, 3.8) is 0 Å². The number of rotatable bonds is 3. The first-order valence-corrected chi connectivity index (χ1v) is 8.43. The molecule has 0 atom stereocenters. The van der Waals surface area contributed by atoms with Crippen LogP contribution in [0.2, 0.25) is 0 Å². The Kier molecular flexibility index (Phi) is 4.07. The highest BCUT2D eigenvalue weighted by Crippen LogP contribution is 2.30. The fourth-order valence-electron chi connectivity index (χ4n) is 2.59. The Bertz CT molecular complexity index is 1000. The first-order valence-electron chi connectivity index (χ1n) is 7.64. The average molecular weight is 394 g/mol. The van der Waals surface area contributed by atoms with E-state index < -0.39 is 5.97 Å². The van der Waals surface area contributed by atoms with Crippen molar-refractivity contribution < 1.29 is 14.0 Å². The molecule has 0 radical (unpaired) electrons. The van der Waals surface area contributed by atoms with Crippen LogP contribution < -0.4 is 0 Å². The van der Waals surface area contributed by atoms with Gasteiger partial charge in [0, 0.05) is 15.6 Å². The topological polar surface area (TPSA) is 51.8 Å². The lowest BCUT2D eigenvalue weighted by atomic mass is 10.0. The summed E-state index contributed by atoms with van der Waals surface area (Å²) in [5, 5.41) is 3.89. The number of hydrogen-bond acceptors (Lipinski definition) is 4. The largest absolute Gasteiger partial charge is 0.457 e. The van der Waals surface area contributed by atoms with Crippen LogP contribution in [0.1, 0.15) is 11.3 Å². The summed E-state index contributed by atoms with van der Waals surface area (Å²) in [6.45, 7) is 0. The number of furan rings is 1. The molecule has 1 aliphatic heterocycles. The summed E-state index contributed by atoms with van der Waals surface area (Å²) < 4.78 is 6.82. The smallest absolute Gasteiger partial charge is 0.368 e. The monoisotopic (exact) mass is 393 g/mol. The highest BCUT2D eigenvalue weighted by Gasteiger charge is 2.27. The molecule has 0 amide bonds. The van der Waals surface area contributed by atoms with Crippen molar-refractivity contribution in [1.29, 1.82) is 0 Å². The van der Waals surface area contributed by atoms with Crippen molar-refractivity contribution in [2.75, 3.05) is 0 Å². The lowest BCUT2D eigenvalue weighted by Gasteiger charge is -2.00. The molecular formula is C20H12BrNO3. The predicted molar refractivity (Wildman–Crippen MR) is 98.9 cm³/mol. The van der Waals surface area contributed by atoms with Crippen molar-refractivity contribution >= 4 is 33.7 Å². The molecule has 25 heavy (non-hydrogen) atoms. The molecule has 1 aromatic heterocycles. The summed E-state index contributed by atoms with van der Waals surface area (Å²) in [6.07, 6.45) is 1.65. The van der Waals surface area contributed by atoms with E-state index in [1.54, 1.807) is 6.08 Å². The molecule has 0 bridgehead atoms. The number of carbonyl (C=O) groups excluding carboxylic acids is 1. The van der Waals surface area contributed by atoms with E-state index in [1.807, 2.05) is 66.7 Å². The Balaban J connectivity index is 1.70. The van der Waals surface area contributed by atoms with Gasteiger partial charge in [0.15, 0.2) is 0 Å². The van der Waals surface area contributed by atoms with Gasteiger partial charge in [0.25, 0.3) is 0 Å². The van der Waals surface area contributed by atoms with Crippen LogP contribution in [0.4, 0.5) is 0 Å². The summed E-state index contributed by atoms with van der Waals surface area (Å²) in [6, 6.07) is 20.9. The van der Waals surface area contributed by atoms with Gasteiger partial charge < -0.3 is 9.25 Å². The number of nitrogens with zero attached hydrogens (tertiary/aromatic N) is 1. The number of halogens is 1. The third-order valence-electron chi connectivity index (χ3n) is 3.79. The molecule has 5 heteroatoms. The second-order valence-electron chi connectivity index (χ2n) is 5.42. The first-order chi connectivity index (χ1) is 12.2. The molecule has 0 aliphatic carbocycles. The van der Waals surface area contributed by atoms with Crippen LogP contribution in [-0.4, -0.2) is 11.7 Å². The quantitative estimate of drug-likeness (QED) is 0.461. The van der Waals surface area contributed by atoms with Crippen molar-refractivity contribution in [2.45, 2.75) is 0 Å². The molecule has 0 fully saturated rings. The number of hydrogen-bond donors (Lipinski definition) is 0. The minimum atomic E-state index is -0.488. The van der Waals surface area contributed by atoms with Gasteiger partial charge in [-0.2, -0.15) is 0 Å². The van der Waals surface area contributed by atoms with Gasteiger partial charge in [0.2, 0.25) is 0 Å². The highest BCUT2D eigenvalue weighted by atomic mass is 79.9. The van der Waals surface area contributed by atoms with E-state index in [1.165, 1.54) is 0 Å². The molecule has 0 N–H and O–H groups in total. The van der Waals surface area contributed by atoms with E-state index in [2.05, 4.69) is 21.1 Å². The van der Waals surface area contributed by atoms with Gasteiger partial charge in [-0.15, -0.1) is 0 Å². The molecule has 2 heterocycles.